The van der Waals surface area contributed by atoms with Crippen molar-refractivity contribution in [2.45, 2.75) is 13.3 Å². The molecule has 0 unspecified atom stereocenters. The maximum absolute atomic E-state index is 13.5. The van der Waals surface area contributed by atoms with Gasteiger partial charge in [0.2, 0.25) is 17.4 Å². The Morgan fingerprint density at radius 2 is 1.20 bits per heavy atom. The number of nitrogens with one attached hydrogen (secondary N) is 1. The number of carbonyl (C=O) groups excluding carboxylic acids is 1. The average molecular weight is 601 g/mol. The average Bonchev–Trinajstić information content (AvgIpc) is 2.95. The Morgan fingerprint density at radius 3 is 1.73 bits per heavy atom. The molecule has 0 aromatic heterocycles. The normalized spacial score (nSPS) is 11.7. The van der Waals surface area contributed by atoms with E-state index in [0.29, 0.717) is 84.9 Å². The molecule has 0 heterocycles. The minimum absolute atomic E-state index is 0.0183. The molecule has 0 bridgehead atoms. The Morgan fingerprint density at radius 1 is 0.732 bits per heavy atom. The van der Waals surface area contributed by atoms with Gasteiger partial charge in [0.05, 0.1) is 98.0 Å². The maximum Gasteiger partial charge on any atom is 0.313 e. The van der Waals surface area contributed by atoms with E-state index in [1.54, 1.807) is 6.20 Å². The summed E-state index contributed by atoms with van der Waals surface area (Å²) in [5.41, 5.74) is 6.39. The van der Waals surface area contributed by atoms with E-state index in [-0.39, 0.29) is 32.3 Å². The third kappa shape index (κ3) is 18.5. The molecule has 11 nitrogen and oxygen atoms in total. The molecule has 0 aliphatic heterocycles. The number of nitrogens with two attached hydrogens (primary N) is 1. The van der Waals surface area contributed by atoms with Crippen molar-refractivity contribution in [2.24, 2.45) is 5.73 Å². The molecule has 0 aliphatic carbocycles. The van der Waals surface area contributed by atoms with Gasteiger partial charge in [-0.05, 0) is 6.92 Å². The second-order valence-corrected chi connectivity index (χ2v) is 8.01. The second-order valence-electron chi connectivity index (χ2n) is 8.01. The monoisotopic (exact) mass is 600 g/mol. The van der Waals surface area contributed by atoms with Gasteiger partial charge in [0.15, 0.2) is 11.6 Å². The van der Waals surface area contributed by atoms with E-state index in [0.717, 1.165) is 0 Å². The summed E-state index contributed by atoms with van der Waals surface area (Å²) >= 11 is 0. The van der Waals surface area contributed by atoms with Crippen LogP contribution in [0.15, 0.2) is 18.0 Å². The predicted molar refractivity (Wildman–Crippen MR) is 138 cm³/mol. The van der Waals surface area contributed by atoms with Crippen LogP contribution in [0.5, 0.6) is 5.75 Å². The Kier molecular flexibility index (Phi) is 21.5. The maximum atomic E-state index is 13.5. The van der Waals surface area contributed by atoms with Crippen molar-refractivity contribution in [2.75, 3.05) is 99.0 Å². The lowest BCUT2D eigenvalue weighted by Crippen LogP contribution is -2.19. The van der Waals surface area contributed by atoms with Crippen LogP contribution in [0.3, 0.4) is 0 Å². The third-order valence-corrected chi connectivity index (χ3v) is 4.75. The van der Waals surface area contributed by atoms with Crippen molar-refractivity contribution >= 4 is 5.97 Å². The Balaban J connectivity index is 1.87. The van der Waals surface area contributed by atoms with Gasteiger partial charge >= 0.3 is 5.97 Å². The topological polar surface area (TPSA) is 129 Å². The van der Waals surface area contributed by atoms with Crippen molar-refractivity contribution < 1.29 is 60.3 Å². The van der Waals surface area contributed by atoms with E-state index in [1.807, 2.05) is 6.92 Å². The smallest absolute Gasteiger partial charge is 0.313 e. The van der Waals surface area contributed by atoms with Gasteiger partial charge in [-0.3, -0.25) is 4.79 Å². The highest BCUT2D eigenvalue weighted by molar-refractivity contribution is 5.72. The number of benzene rings is 1. The SMILES string of the molecule is CCOCCOCCOC/C(N)=C/NCCOCCOCCOCCOCCC(=O)Oc1c(F)c(F)cc(F)c1F. The number of halogens is 4. The van der Waals surface area contributed by atoms with Crippen LogP contribution in [-0.4, -0.2) is 105 Å². The van der Waals surface area contributed by atoms with E-state index in [2.05, 4.69) is 10.1 Å². The molecule has 0 amide bonds. The summed E-state index contributed by atoms with van der Waals surface area (Å²) in [6, 6.07) is 0.0183. The van der Waals surface area contributed by atoms with Crippen molar-refractivity contribution in [3.63, 3.8) is 0 Å². The first-order valence-corrected chi connectivity index (χ1v) is 13.1. The van der Waals surface area contributed by atoms with Crippen LogP contribution in [0.25, 0.3) is 0 Å². The van der Waals surface area contributed by atoms with Gasteiger partial charge in [-0.2, -0.15) is 8.78 Å². The van der Waals surface area contributed by atoms with Gasteiger partial charge in [-0.25, -0.2) is 8.78 Å². The molecule has 41 heavy (non-hydrogen) atoms. The summed E-state index contributed by atoms with van der Waals surface area (Å²) < 4.78 is 94.7. The zero-order valence-electron chi connectivity index (χ0n) is 23.2. The first-order chi connectivity index (χ1) is 19.9. The lowest BCUT2D eigenvalue weighted by molar-refractivity contribution is -0.136. The molecular formula is C26H40F4N2O9. The Labute approximate surface area is 237 Å². The molecule has 15 heteroatoms. The molecule has 236 valence electrons. The molecule has 1 aromatic carbocycles. The summed E-state index contributed by atoms with van der Waals surface area (Å²) in [6.07, 6.45) is 1.28. The molecule has 1 aromatic rings. The number of hydrogen-bond donors (Lipinski definition) is 2. The van der Waals surface area contributed by atoms with Crippen molar-refractivity contribution in [1.82, 2.24) is 5.32 Å². The molecule has 0 saturated heterocycles. The van der Waals surface area contributed by atoms with Crippen LogP contribution in [0.4, 0.5) is 17.6 Å². The molecule has 3 N–H and O–H groups in total. The highest BCUT2D eigenvalue weighted by atomic mass is 19.2. The van der Waals surface area contributed by atoms with E-state index in [4.69, 9.17) is 38.9 Å². The largest absolute Gasteiger partial charge is 0.420 e. The van der Waals surface area contributed by atoms with Gasteiger partial charge in [-0.1, -0.05) is 0 Å². The number of ether oxygens (including phenoxy) is 8. The van der Waals surface area contributed by atoms with Crippen LogP contribution in [0, 0.1) is 23.3 Å². The summed E-state index contributed by atoms with van der Waals surface area (Å²) in [6.45, 7) is 7.59. The summed E-state index contributed by atoms with van der Waals surface area (Å²) in [5.74, 6) is -9.47. The standard InChI is InChI=1S/C26H40F4N2O9/c1-2-34-7-8-37-15-16-40-19-20(31)18-32-4-6-36-10-12-39-14-13-38-11-9-35-5-3-23(33)41-26-24(29)21(27)17-22(28)25(26)30/h17-18,32H,2-16,19,31H2,1H3/b20-18-. The molecule has 1 rings (SSSR count). The van der Waals surface area contributed by atoms with Crippen LogP contribution in [0.2, 0.25) is 0 Å². The lowest BCUT2D eigenvalue weighted by Gasteiger charge is -2.09. The number of rotatable bonds is 26. The summed E-state index contributed by atoms with van der Waals surface area (Å²) in [7, 11) is 0. The Bertz CT molecular complexity index is 856. The van der Waals surface area contributed by atoms with Crippen molar-refractivity contribution in [3.05, 3.63) is 41.2 Å². The molecule has 0 atom stereocenters. The zero-order valence-corrected chi connectivity index (χ0v) is 23.2. The van der Waals surface area contributed by atoms with E-state index in [9.17, 15) is 22.4 Å². The molecular weight excluding hydrogens is 560 g/mol. The lowest BCUT2D eigenvalue weighted by atomic mass is 10.3. The fraction of sp³-hybridized carbons (Fsp3) is 0.654. The van der Waals surface area contributed by atoms with E-state index < -0.39 is 35.0 Å². The first-order valence-electron chi connectivity index (χ1n) is 13.1. The number of carbonyl (C=O) groups is 1. The van der Waals surface area contributed by atoms with E-state index >= 15 is 0 Å². The highest BCUT2D eigenvalue weighted by Crippen LogP contribution is 2.26. The van der Waals surface area contributed by atoms with E-state index in [1.165, 1.54) is 0 Å². The molecule has 0 saturated carbocycles. The third-order valence-electron chi connectivity index (χ3n) is 4.75. The van der Waals surface area contributed by atoms with Crippen LogP contribution >= 0.6 is 0 Å². The highest BCUT2D eigenvalue weighted by Gasteiger charge is 2.22. The number of hydrogen-bond acceptors (Lipinski definition) is 11. The second kappa shape index (κ2) is 24.1. The van der Waals surface area contributed by atoms with Crippen LogP contribution in [0.1, 0.15) is 13.3 Å². The minimum atomic E-state index is -1.79. The van der Waals surface area contributed by atoms with Gasteiger partial charge in [0, 0.05) is 25.4 Å². The fourth-order valence-electron chi connectivity index (χ4n) is 2.77. The van der Waals surface area contributed by atoms with Crippen LogP contribution < -0.4 is 15.8 Å². The number of esters is 1. The summed E-state index contributed by atoms with van der Waals surface area (Å²) in [4.78, 5) is 11.6. The van der Waals surface area contributed by atoms with Gasteiger partial charge in [-0.15, -0.1) is 0 Å². The van der Waals surface area contributed by atoms with Gasteiger partial charge in [0.1, 0.15) is 0 Å². The van der Waals surface area contributed by atoms with Gasteiger partial charge < -0.3 is 48.9 Å². The predicted octanol–water partition coefficient (Wildman–Crippen LogP) is 2.06. The quantitative estimate of drug-likeness (QED) is 0.0533. The molecule has 0 spiro atoms. The first kappa shape index (κ1) is 36.5. The minimum Gasteiger partial charge on any atom is -0.420 e. The summed E-state index contributed by atoms with van der Waals surface area (Å²) in [5, 5.41) is 3.03. The zero-order chi connectivity index (χ0) is 30.1. The van der Waals surface area contributed by atoms with Crippen molar-refractivity contribution in [3.8, 4) is 5.75 Å². The molecule has 0 fully saturated rings. The molecule has 0 radical (unpaired) electrons. The van der Waals surface area contributed by atoms with Gasteiger partial charge in [0.25, 0.3) is 0 Å². The van der Waals surface area contributed by atoms with Crippen LogP contribution in [-0.2, 0) is 38.0 Å². The fourth-order valence-corrected chi connectivity index (χ4v) is 2.77. The van der Waals surface area contributed by atoms with Crippen molar-refractivity contribution in [1.29, 1.82) is 0 Å². The molecule has 0 aliphatic rings. The Hall–Kier alpha value is -2.53.